The number of para-hydroxylation sites is 2. The molecule has 2 heterocycles. The highest BCUT2D eigenvalue weighted by Crippen LogP contribution is 2.15. The zero-order chi connectivity index (χ0) is 21.1. The molecule has 0 saturated carbocycles. The van der Waals surface area contributed by atoms with Crippen molar-refractivity contribution in [2.75, 3.05) is 26.2 Å². The van der Waals surface area contributed by atoms with Gasteiger partial charge in [-0.2, -0.15) is 0 Å². The van der Waals surface area contributed by atoms with Crippen molar-refractivity contribution in [2.24, 2.45) is 7.05 Å². The van der Waals surface area contributed by atoms with E-state index in [1.54, 1.807) is 16.2 Å². The van der Waals surface area contributed by atoms with Crippen LogP contribution in [0.3, 0.4) is 0 Å². The zero-order valence-electron chi connectivity index (χ0n) is 17.3. The number of amides is 1. The maximum absolute atomic E-state index is 12.9. The number of hydrogen-bond donors (Lipinski definition) is 0. The van der Waals surface area contributed by atoms with Crippen molar-refractivity contribution in [3.8, 4) is 0 Å². The molecule has 0 aliphatic carbocycles. The van der Waals surface area contributed by atoms with E-state index >= 15 is 0 Å². The molecule has 158 valence electrons. The fraction of sp³-hybridized carbons (Fsp3) is 0.391. The van der Waals surface area contributed by atoms with Crippen LogP contribution in [-0.4, -0.2) is 51.0 Å². The molecule has 1 aliphatic rings. The fourth-order valence-electron chi connectivity index (χ4n) is 4.17. The van der Waals surface area contributed by atoms with Crippen molar-refractivity contribution in [2.45, 2.75) is 25.9 Å². The van der Waals surface area contributed by atoms with E-state index in [0.717, 1.165) is 55.2 Å². The Hall–Kier alpha value is -2.57. The molecular formula is C23H27ClN4O2. The number of halogens is 1. The molecular weight excluding hydrogens is 400 g/mol. The minimum Gasteiger partial charge on any atom is -0.341 e. The van der Waals surface area contributed by atoms with Crippen molar-refractivity contribution < 1.29 is 4.79 Å². The molecule has 1 aliphatic heterocycles. The molecule has 6 nitrogen and oxygen atoms in total. The Bertz CT molecular complexity index is 1090. The number of fused-ring (bicyclic) bond motifs is 1. The highest BCUT2D eigenvalue weighted by atomic mass is 35.5. The molecule has 0 atom stereocenters. The normalized spacial score (nSPS) is 15.5. The number of aromatic nitrogens is 2. The molecule has 4 rings (SSSR count). The lowest BCUT2D eigenvalue weighted by Gasteiger charge is -2.22. The van der Waals surface area contributed by atoms with Gasteiger partial charge in [0, 0.05) is 57.8 Å². The molecule has 0 unspecified atom stereocenters. The number of hydrogen-bond acceptors (Lipinski definition) is 3. The van der Waals surface area contributed by atoms with Crippen LogP contribution in [0.2, 0.25) is 5.02 Å². The summed E-state index contributed by atoms with van der Waals surface area (Å²) in [7, 11) is 1.77. The summed E-state index contributed by atoms with van der Waals surface area (Å²) in [5.41, 5.74) is 2.92. The molecule has 30 heavy (non-hydrogen) atoms. The third-order valence-corrected chi connectivity index (χ3v) is 6.11. The summed E-state index contributed by atoms with van der Waals surface area (Å²) in [6.07, 6.45) is 1.29. The summed E-state index contributed by atoms with van der Waals surface area (Å²) >= 11 is 5.97. The number of imidazole rings is 1. The minimum atomic E-state index is -0.0750. The third-order valence-electron chi connectivity index (χ3n) is 5.86. The van der Waals surface area contributed by atoms with Crippen LogP contribution in [0.5, 0.6) is 0 Å². The van der Waals surface area contributed by atoms with E-state index in [2.05, 4.69) is 17.0 Å². The zero-order valence-corrected chi connectivity index (χ0v) is 18.0. The van der Waals surface area contributed by atoms with Crippen LogP contribution >= 0.6 is 11.6 Å². The lowest BCUT2D eigenvalue weighted by molar-refractivity contribution is -0.131. The van der Waals surface area contributed by atoms with E-state index < -0.39 is 0 Å². The Kier molecular flexibility index (Phi) is 6.25. The quantitative estimate of drug-likeness (QED) is 0.629. The first-order valence-electron chi connectivity index (χ1n) is 10.4. The molecule has 0 spiro atoms. The molecule has 1 saturated heterocycles. The van der Waals surface area contributed by atoms with Crippen LogP contribution < -0.4 is 5.69 Å². The molecule has 0 bridgehead atoms. The molecule has 3 aromatic rings. The Morgan fingerprint density at radius 1 is 0.967 bits per heavy atom. The molecule has 0 N–H and O–H groups in total. The number of benzene rings is 2. The molecule has 7 heteroatoms. The monoisotopic (exact) mass is 426 g/mol. The minimum absolute atomic E-state index is 0.0750. The number of aryl methyl sites for hydroxylation is 2. The number of rotatable bonds is 5. The Balaban J connectivity index is 1.35. The van der Waals surface area contributed by atoms with Crippen molar-refractivity contribution >= 4 is 28.5 Å². The summed E-state index contributed by atoms with van der Waals surface area (Å²) in [6.45, 7) is 4.57. The van der Waals surface area contributed by atoms with E-state index in [0.29, 0.717) is 13.0 Å². The molecule has 1 fully saturated rings. The van der Waals surface area contributed by atoms with Gasteiger partial charge in [0.2, 0.25) is 5.91 Å². The van der Waals surface area contributed by atoms with E-state index in [4.69, 9.17) is 11.6 Å². The smallest absolute Gasteiger partial charge is 0.328 e. The topological polar surface area (TPSA) is 50.5 Å². The predicted octanol–water partition coefficient (Wildman–Crippen LogP) is 3.12. The maximum Gasteiger partial charge on any atom is 0.328 e. The van der Waals surface area contributed by atoms with Gasteiger partial charge in [0.15, 0.2) is 0 Å². The highest BCUT2D eigenvalue weighted by Gasteiger charge is 2.20. The van der Waals surface area contributed by atoms with Crippen molar-refractivity contribution in [3.63, 3.8) is 0 Å². The van der Waals surface area contributed by atoms with Gasteiger partial charge >= 0.3 is 5.69 Å². The van der Waals surface area contributed by atoms with Gasteiger partial charge in [0.1, 0.15) is 0 Å². The van der Waals surface area contributed by atoms with Crippen LogP contribution in [0.25, 0.3) is 11.0 Å². The van der Waals surface area contributed by atoms with Gasteiger partial charge in [-0.15, -0.1) is 0 Å². The maximum atomic E-state index is 12.9. The first-order valence-corrected chi connectivity index (χ1v) is 10.8. The second-order valence-corrected chi connectivity index (χ2v) is 8.31. The van der Waals surface area contributed by atoms with E-state index in [1.807, 2.05) is 41.3 Å². The first-order chi connectivity index (χ1) is 14.5. The number of carbonyl (C=O) groups excluding carboxylic acids is 1. The summed E-state index contributed by atoms with van der Waals surface area (Å²) < 4.78 is 3.35. The molecule has 0 radical (unpaired) electrons. The Morgan fingerprint density at radius 3 is 2.47 bits per heavy atom. The van der Waals surface area contributed by atoms with Crippen molar-refractivity contribution in [3.05, 3.63) is 69.6 Å². The fourth-order valence-corrected chi connectivity index (χ4v) is 4.30. The predicted molar refractivity (Wildman–Crippen MR) is 120 cm³/mol. The Morgan fingerprint density at radius 2 is 1.70 bits per heavy atom. The molecule has 2 aromatic carbocycles. The Labute approximate surface area is 181 Å². The van der Waals surface area contributed by atoms with Gasteiger partial charge in [-0.05, 0) is 36.2 Å². The van der Waals surface area contributed by atoms with Crippen LogP contribution in [-0.2, 0) is 24.9 Å². The number of carbonyl (C=O) groups is 1. The van der Waals surface area contributed by atoms with Gasteiger partial charge in [0.05, 0.1) is 11.0 Å². The van der Waals surface area contributed by atoms with Crippen LogP contribution in [0.4, 0.5) is 0 Å². The SMILES string of the molecule is Cn1c(=O)n(CCC(=O)N2CCCN(Cc3ccc(Cl)cc3)CC2)c2ccccc21. The van der Waals surface area contributed by atoms with Crippen molar-refractivity contribution in [1.29, 1.82) is 0 Å². The summed E-state index contributed by atoms with van der Waals surface area (Å²) in [6, 6.07) is 15.6. The van der Waals surface area contributed by atoms with E-state index in [-0.39, 0.29) is 11.6 Å². The van der Waals surface area contributed by atoms with Gasteiger partial charge in [-0.25, -0.2) is 4.79 Å². The summed E-state index contributed by atoms with van der Waals surface area (Å²) in [5, 5.41) is 0.747. The standard InChI is InChI=1S/C23H27ClN4O2/c1-25-20-5-2-3-6-21(20)28(23(25)30)14-11-22(29)27-13-4-12-26(15-16-27)17-18-7-9-19(24)10-8-18/h2-3,5-10H,4,11-17H2,1H3. The second-order valence-electron chi connectivity index (χ2n) is 7.87. The van der Waals surface area contributed by atoms with Gasteiger partial charge in [-0.1, -0.05) is 35.9 Å². The molecule has 1 amide bonds. The molecule has 1 aromatic heterocycles. The first kappa shape index (κ1) is 20.7. The average molecular weight is 427 g/mol. The lowest BCUT2D eigenvalue weighted by atomic mass is 10.2. The van der Waals surface area contributed by atoms with E-state index in [9.17, 15) is 9.59 Å². The number of nitrogens with zero attached hydrogens (tertiary/aromatic N) is 4. The van der Waals surface area contributed by atoms with Gasteiger partial charge in [-0.3, -0.25) is 18.8 Å². The van der Waals surface area contributed by atoms with Crippen molar-refractivity contribution in [1.82, 2.24) is 18.9 Å². The highest BCUT2D eigenvalue weighted by molar-refractivity contribution is 6.30. The summed E-state index contributed by atoms with van der Waals surface area (Å²) in [4.78, 5) is 29.7. The van der Waals surface area contributed by atoms with Crippen LogP contribution in [0.1, 0.15) is 18.4 Å². The van der Waals surface area contributed by atoms with E-state index in [1.165, 1.54) is 5.56 Å². The largest absolute Gasteiger partial charge is 0.341 e. The average Bonchev–Trinajstić information content (AvgIpc) is 2.90. The summed E-state index contributed by atoms with van der Waals surface area (Å²) in [5.74, 6) is 0.114. The lowest BCUT2D eigenvalue weighted by Crippen LogP contribution is -2.36. The third kappa shape index (κ3) is 4.45. The van der Waals surface area contributed by atoms with Crippen LogP contribution in [0, 0.1) is 0 Å². The van der Waals surface area contributed by atoms with Crippen LogP contribution in [0.15, 0.2) is 53.3 Å². The van der Waals surface area contributed by atoms with Gasteiger partial charge < -0.3 is 4.90 Å². The second kappa shape index (κ2) is 9.06. The van der Waals surface area contributed by atoms with Gasteiger partial charge in [0.25, 0.3) is 0 Å².